The Bertz CT molecular complexity index is 421. The molecule has 2 fully saturated rings. The van der Waals surface area contributed by atoms with Crippen LogP contribution in [0, 0.1) is 10.8 Å². The second-order valence-corrected chi connectivity index (χ2v) is 6.49. The van der Waals surface area contributed by atoms with Crippen molar-refractivity contribution in [2.75, 3.05) is 6.54 Å². The first-order valence-electron chi connectivity index (χ1n) is 6.87. The van der Waals surface area contributed by atoms with Gasteiger partial charge in [-0.3, -0.25) is 19.3 Å². The number of hydrogen-bond acceptors (Lipinski definition) is 3. The van der Waals surface area contributed by atoms with Crippen LogP contribution in [-0.4, -0.2) is 34.3 Å². The molecule has 0 radical (unpaired) electrons. The summed E-state index contributed by atoms with van der Waals surface area (Å²) in [5.41, 5.74) is -1.62. The molecular weight excluding hydrogens is 246 g/mol. The fraction of sp³-hybridized carbons (Fsp3) is 0.786. The second kappa shape index (κ2) is 4.62. The number of imide groups is 1. The van der Waals surface area contributed by atoms with Gasteiger partial charge >= 0.3 is 5.97 Å². The first kappa shape index (κ1) is 14.0. The fourth-order valence-electron chi connectivity index (χ4n) is 3.16. The predicted molar refractivity (Wildman–Crippen MR) is 68.3 cm³/mol. The molecule has 2 amide bonds. The molecule has 0 unspecified atom stereocenters. The van der Waals surface area contributed by atoms with Gasteiger partial charge in [0.25, 0.3) is 0 Å². The lowest BCUT2D eigenvalue weighted by Gasteiger charge is -2.36. The predicted octanol–water partition coefficient (Wildman–Crippen LogP) is 1.81. The summed E-state index contributed by atoms with van der Waals surface area (Å²) in [5, 5.41) is 9.50. The average Bonchev–Trinajstić information content (AvgIpc) is 2.53. The van der Waals surface area contributed by atoms with Gasteiger partial charge in [-0.15, -0.1) is 0 Å². The summed E-state index contributed by atoms with van der Waals surface area (Å²) < 4.78 is 0. The van der Waals surface area contributed by atoms with E-state index in [1.807, 2.05) is 0 Å². The van der Waals surface area contributed by atoms with Crippen molar-refractivity contribution in [3.63, 3.8) is 0 Å². The highest BCUT2D eigenvalue weighted by molar-refractivity contribution is 6.05. The largest absolute Gasteiger partial charge is 0.481 e. The normalized spacial score (nSPS) is 25.7. The molecule has 2 rings (SSSR count). The van der Waals surface area contributed by atoms with Crippen molar-refractivity contribution in [3.05, 3.63) is 0 Å². The van der Waals surface area contributed by atoms with E-state index < -0.39 is 16.8 Å². The van der Waals surface area contributed by atoms with E-state index in [1.54, 1.807) is 13.8 Å². The van der Waals surface area contributed by atoms with E-state index in [4.69, 9.17) is 0 Å². The van der Waals surface area contributed by atoms with Gasteiger partial charge in [0.1, 0.15) is 0 Å². The van der Waals surface area contributed by atoms with Crippen LogP contribution < -0.4 is 0 Å². The van der Waals surface area contributed by atoms with Gasteiger partial charge in [0.2, 0.25) is 11.8 Å². The van der Waals surface area contributed by atoms with Gasteiger partial charge in [0, 0.05) is 13.0 Å². The second-order valence-electron chi connectivity index (χ2n) is 6.49. The maximum Gasteiger partial charge on any atom is 0.311 e. The molecule has 1 saturated heterocycles. The van der Waals surface area contributed by atoms with Crippen molar-refractivity contribution in [2.45, 2.75) is 52.4 Å². The molecule has 106 valence electrons. The number of rotatable bonds is 3. The first-order valence-corrected chi connectivity index (χ1v) is 6.87. The number of hydrogen-bond donors (Lipinski definition) is 1. The summed E-state index contributed by atoms with van der Waals surface area (Å²) in [6, 6.07) is 0. The van der Waals surface area contributed by atoms with Crippen molar-refractivity contribution >= 4 is 17.8 Å². The zero-order chi connectivity index (χ0) is 14.3. The van der Waals surface area contributed by atoms with Crippen LogP contribution >= 0.6 is 0 Å². The standard InChI is InChI=1S/C14H21NO4/c1-13(2)8-10(16)15(11(13)17)9-14(12(18)19)6-4-3-5-7-14/h3-9H2,1-2H3,(H,18,19). The third-order valence-electron chi connectivity index (χ3n) is 4.44. The fourth-order valence-corrected chi connectivity index (χ4v) is 3.16. The molecule has 1 aliphatic carbocycles. The third-order valence-corrected chi connectivity index (χ3v) is 4.44. The van der Waals surface area contributed by atoms with E-state index in [1.165, 1.54) is 4.90 Å². The summed E-state index contributed by atoms with van der Waals surface area (Å²) in [4.78, 5) is 36.9. The highest BCUT2D eigenvalue weighted by Gasteiger charge is 2.50. The molecule has 0 bridgehead atoms. The van der Waals surface area contributed by atoms with Crippen molar-refractivity contribution in [2.24, 2.45) is 10.8 Å². The number of carboxylic acid groups (broad SMARTS) is 1. The molecular formula is C14H21NO4. The minimum absolute atomic E-state index is 0.0451. The van der Waals surface area contributed by atoms with E-state index in [0.717, 1.165) is 19.3 Å². The minimum Gasteiger partial charge on any atom is -0.481 e. The monoisotopic (exact) mass is 267 g/mol. The molecule has 0 aromatic heterocycles. The van der Waals surface area contributed by atoms with Crippen LogP contribution in [0.1, 0.15) is 52.4 Å². The van der Waals surface area contributed by atoms with Crippen LogP contribution in [-0.2, 0) is 14.4 Å². The highest BCUT2D eigenvalue weighted by Crippen LogP contribution is 2.40. The molecule has 19 heavy (non-hydrogen) atoms. The van der Waals surface area contributed by atoms with E-state index in [0.29, 0.717) is 12.8 Å². The molecule has 1 N–H and O–H groups in total. The number of aliphatic carboxylic acids is 1. The lowest BCUT2D eigenvalue weighted by molar-refractivity contribution is -0.155. The summed E-state index contributed by atoms with van der Waals surface area (Å²) in [5.74, 6) is -1.34. The van der Waals surface area contributed by atoms with Crippen LogP contribution in [0.5, 0.6) is 0 Å². The average molecular weight is 267 g/mol. The summed E-state index contributed by atoms with van der Waals surface area (Å²) in [6.45, 7) is 3.52. The van der Waals surface area contributed by atoms with Crippen molar-refractivity contribution in [1.82, 2.24) is 4.90 Å². The van der Waals surface area contributed by atoms with Crippen LogP contribution in [0.25, 0.3) is 0 Å². The van der Waals surface area contributed by atoms with E-state index in [-0.39, 0.29) is 24.8 Å². The SMILES string of the molecule is CC1(C)CC(=O)N(CC2(C(=O)O)CCCCC2)C1=O. The third kappa shape index (κ3) is 2.38. The van der Waals surface area contributed by atoms with Crippen LogP contribution in [0.2, 0.25) is 0 Å². The molecule has 0 spiro atoms. The summed E-state index contributed by atoms with van der Waals surface area (Å²) >= 11 is 0. The van der Waals surface area contributed by atoms with Gasteiger partial charge < -0.3 is 5.11 Å². The van der Waals surface area contributed by atoms with Crippen molar-refractivity contribution in [1.29, 1.82) is 0 Å². The molecule has 5 nitrogen and oxygen atoms in total. The number of carboxylic acids is 1. The molecule has 1 aliphatic heterocycles. The van der Waals surface area contributed by atoms with Crippen LogP contribution in [0.3, 0.4) is 0 Å². The van der Waals surface area contributed by atoms with Gasteiger partial charge in [-0.25, -0.2) is 0 Å². The number of carbonyl (C=O) groups is 3. The number of nitrogens with zero attached hydrogens (tertiary/aromatic N) is 1. The molecule has 5 heteroatoms. The van der Waals surface area contributed by atoms with E-state index in [9.17, 15) is 19.5 Å². The van der Waals surface area contributed by atoms with Crippen molar-refractivity contribution in [3.8, 4) is 0 Å². The Hall–Kier alpha value is -1.39. The molecule has 0 atom stereocenters. The number of amides is 2. The lowest BCUT2D eigenvalue weighted by atomic mass is 9.73. The zero-order valence-corrected chi connectivity index (χ0v) is 11.6. The van der Waals surface area contributed by atoms with E-state index >= 15 is 0 Å². The first-order chi connectivity index (χ1) is 8.78. The molecule has 2 aliphatic rings. The minimum atomic E-state index is -0.927. The smallest absolute Gasteiger partial charge is 0.311 e. The summed E-state index contributed by atoms with van der Waals surface area (Å²) in [6.07, 6.45) is 4.03. The topological polar surface area (TPSA) is 74.7 Å². The lowest BCUT2D eigenvalue weighted by Crippen LogP contribution is -2.47. The molecule has 1 saturated carbocycles. The number of carbonyl (C=O) groups excluding carboxylic acids is 2. The Labute approximate surface area is 113 Å². The Morgan fingerprint density at radius 3 is 2.21 bits per heavy atom. The Morgan fingerprint density at radius 1 is 1.21 bits per heavy atom. The molecule has 0 aromatic rings. The van der Waals surface area contributed by atoms with Crippen LogP contribution in [0.4, 0.5) is 0 Å². The highest BCUT2D eigenvalue weighted by atomic mass is 16.4. The number of likely N-dealkylation sites (tertiary alicyclic amines) is 1. The van der Waals surface area contributed by atoms with E-state index in [2.05, 4.69) is 0 Å². The zero-order valence-electron chi connectivity index (χ0n) is 11.6. The van der Waals surface area contributed by atoms with Crippen LogP contribution in [0.15, 0.2) is 0 Å². The Morgan fingerprint density at radius 2 is 1.79 bits per heavy atom. The molecule has 1 heterocycles. The van der Waals surface area contributed by atoms with Gasteiger partial charge in [-0.05, 0) is 12.8 Å². The van der Waals surface area contributed by atoms with Gasteiger partial charge in [-0.2, -0.15) is 0 Å². The summed E-state index contributed by atoms with van der Waals surface area (Å²) in [7, 11) is 0. The molecule has 0 aromatic carbocycles. The van der Waals surface area contributed by atoms with Crippen molar-refractivity contribution < 1.29 is 19.5 Å². The Kier molecular flexibility index (Phi) is 3.41. The quantitative estimate of drug-likeness (QED) is 0.791. The maximum atomic E-state index is 12.2. The van der Waals surface area contributed by atoms with Gasteiger partial charge in [-0.1, -0.05) is 33.1 Å². The van der Waals surface area contributed by atoms with Gasteiger partial charge in [0.15, 0.2) is 0 Å². The Balaban J connectivity index is 2.21. The van der Waals surface area contributed by atoms with Gasteiger partial charge in [0.05, 0.1) is 10.8 Å². The maximum absolute atomic E-state index is 12.2.